The van der Waals surface area contributed by atoms with Crippen molar-refractivity contribution in [2.45, 2.75) is 162 Å². The lowest BCUT2D eigenvalue weighted by atomic mass is 9.94. The molecule has 0 heterocycles. The van der Waals surface area contributed by atoms with Crippen molar-refractivity contribution in [1.82, 2.24) is 0 Å². The topological polar surface area (TPSA) is 26.0 Å². The third-order valence-corrected chi connectivity index (χ3v) is 6.52. The predicted molar refractivity (Wildman–Crippen MR) is 130 cm³/mol. The maximum absolute atomic E-state index is 6.02. The van der Waals surface area contributed by atoms with E-state index < -0.39 is 0 Å². The fourth-order valence-corrected chi connectivity index (χ4v) is 4.40. The summed E-state index contributed by atoms with van der Waals surface area (Å²) in [7, 11) is 0. The van der Waals surface area contributed by atoms with Gasteiger partial charge in [0, 0.05) is 0 Å². The third-order valence-electron chi connectivity index (χ3n) is 6.52. The molecule has 0 aromatic heterocycles. The molecule has 0 fully saturated rings. The summed E-state index contributed by atoms with van der Waals surface area (Å²) in [4.78, 5) is 0. The number of hydrogen-bond acceptors (Lipinski definition) is 1. The van der Waals surface area contributed by atoms with Gasteiger partial charge in [0.2, 0.25) is 0 Å². The van der Waals surface area contributed by atoms with Crippen molar-refractivity contribution in [3.8, 4) is 0 Å². The van der Waals surface area contributed by atoms with Gasteiger partial charge in [0.25, 0.3) is 0 Å². The van der Waals surface area contributed by atoms with E-state index in [9.17, 15) is 0 Å². The van der Waals surface area contributed by atoms with Gasteiger partial charge in [-0.15, -0.1) is 0 Å². The van der Waals surface area contributed by atoms with Crippen LogP contribution in [0.4, 0.5) is 0 Å². The second kappa shape index (κ2) is 25.0. The maximum Gasteiger partial charge on any atom is -0.00489 e. The second-order valence-electron chi connectivity index (χ2n) is 9.40. The Bertz CT molecular complexity index is 263. The van der Waals surface area contributed by atoms with Crippen molar-refractivity contribution >= 4 is 0 Å². The van der Waals surface area contributed by atoms with Crippen molar-refractivity contribution < 1.29 is 0 Å². The molecule has 0 aromatic carbocycles. The highest BCUT2D eigenvalue weighted by Gasteiger charge is 2.06. The molecule has 0 spiro atoms. The Morgan fingerprint density at radius 1 is 0.393 bits per heavy atom. The van der Waals surface area contributed by atoms with Crippen LogP contribution >= 0.6 is 0 Å². The van der Waals surface area contributed by atoms with Crippen LogP contribution in [-0.4, -0.2) is 6.54 Å². The number of nitrogens with two attached hydrogens (primary N) is 1. The zero-order valence-electron chi connectivity index (χ0n) is 20.1. The van der Waals surface area contributed by atoms with Crippen LogP contribution in [0.2, 0.25) is 0 Å². The highest BCUT2D eigenvalue weighted by molar-refractivity contribution is 4.61. The molecule has 1 heteroatoms. The first-order valence-electron chi connectivity index (χ1n) is 13.5. The van der Waals surface area contributed by atoms with Crippen molar-refractivity contribution in [3.05, 3.63) is 0 Å². The first-order valence-corrected chi connectivity index (χ1v) is 13.5. The van der Waals surface area contributed by atoms with Gasteiger partial charge in [-0.3, -0.25) is 0 Å². The molecule has 0 aliphatic rings. The molecule has 0 amide bonds. The standard InChI is InChI=1S/C27H57N/c1-3-5-7-9-11-13-15-17-19-21-23-25-27(26-28)24-22-20-18-16-14-12-10-8-6-4-2/h27H,3-26,28H2,1-2H3. The largest absolute Gasteiger partial charge is 0.330 e. The zero-order chi connectivity index (χ0) is 20.5. The third kappa shape index (κ3) is 22.3. The summed E-state index contributed by atoms with van der Waals surface area (Å²) in [5.41, 5.74) is 6.02. The van der Waals surface area contributed by atoms with Gasteiger partial charge in [-0.1, -0.05) is 149 Å². The first kappa shape index (κ1) is 28.0. The molecule has 0 aromatic rings. The Labute approximate surface area is 180 Å². The Morgan fingerprint density at radius 3 is 0.893 bits per heavy atom. The predicted octanol–water partition coefficient (Wildman–Crippen LogP) is 9.57. The smallest absolute Gasteiger partial charge is 0.00489 e. The molecule has 0 aliphatic carbocycles. The zero-order valence-corrected chi connectivity index (χ0v) is 20.1. The normalized spacial score (nSPS) is 12.5. The molecule has 2 N–H and O–H groups in total. The molecule has 0 rings (SSSR count). The van der Waals surface area contributed by atoms with Crippen LogP contribution in [0.25, 0.3) is 0 Å². The molecule has 0 saturated heterocycles. The van der Waals surface area contributed by atoms with E-state index in [0.717, 1.165) is 12.5 Å². The molecule has 1 nitrogen and oxygen atoms in total. The Hall–Kier alpha value is -0.0400. The molecule has 1 atom stereocenters. The summed E-state index contributed by atoms with van der Waals surface area (Å²) in [6, 6.07) is 0. The molecule has 170 valence electrons. The first-order chi connectivity index (χ1) is 13.8. The maximum atomic E-state index is 6.02. The summed E-state index contributed by atoms with van der Waals surface area (Å²) < 4.78 is 0. The van der Waals surface area contributed by atoms with Crippen molar-refractivity contribution in [1.29, 1.82) is 0 Å². The Morgan fingerprint density at radius 2 is 0.643 bits per heavy atom. The highest BCUT2D eigenvalue weighted by atomic mass is 14.5. The van der Waals surface area contributed by atoms with E-state index in [4.69, 9.17) is 5.73 Å². The average molecular weight is 396 g/mol. The monoisotopic (exact) mass is 395 g/mol. The van der Waals surface area contributed by atoms with E-state index in [1.165, 1.54) is 148 Å². The molecular weight excluding hydrogens is 338 g/mol. The number of rotatable bonds is 24. The molecule has 0 saturated carbocycles. The van der Waals surface area contributed by atoms with Gasteiger partial charge in [0.1, 0.15) is 0 Å². The van der Waals surface area contributed by atoms with E-state index in [0.29, 0.717) is 0 Å². The van der Waals surface area contributed by atoms with Crippen molar-refractivity contribution in [2.75, 3.05) is 6.54 Å². The molecule has 0 radical (unpaired) electrons. The molecule has 0 aliphatic heterocycles. The fraction of sp³-hybridized carbons (Fsp3) is 1.00. The minimum absolute atomic E-state index is 0.799. The van der Waals surface area contributed by atoms with Crippen LogP contribution in [0, 0.1) is 5.92 Å². The highest BCUT2D eigenvalue weighted by Crippen LogP contribution is 2.19. The Kier molecular flexibility index (Phi) is 25.0. The van der Waals surface area contributed by atoms with Crippen LogP contribution < -0.4 is 5.73 Å². The lowest BCUT2D eigenvalue weighted by Gasteiger charge is -2.14. The van der Waals surface area contributed by atoms with Gasteiger partial charge in [0.15, 0.2) is 0 Å². The average Bonchev–Trinajstić information content (AvgIpc) is 2.71. The second-order valence-corrected chi connectivity index (χ2v) is 9.40. The quantitative estimate of drug-likeness (QED) is 0.162. The van der Waals surface area contributed by atoms with Gasteiger partial charge >= 0.3 is 0 Å². The van der Waals surface area contributed by atoms with Gasteiger partial charge in [-0.2, -0.15) is 0 Å². The van der Waals surface area contributed by atoms with E-state index >= 15 is 0 Å². The molecule has 1 unspecified atom stereocenters. The summed E-state index contributed by atoms with van der Waals surface area (Å²) in [5.74, 6) is 0.799. The van der Waals surface area contributed by atoms with Gasteiger partial charge < -0.3 is 5.73 Å². The van der Waals surface area contributed by atoms with E-state index in [-0.39, 0.29) is 0 Å². The van der Waals surface area contributed by atoms with Crippen LogP contribution in [0.5, 0.6) is 0 Å². The number of unbranched alkanes of at least 4 members (excludes halogenated alkanes) is 19. The van der Waals surface area contributed by atoms with E-state index in [1.807, 2.05) is 0 Å². The van der Waals surface area contributed by atoms with Crippen LogP contribution in [0.3, 0.4) is 0 Å². The van der Waals surface area contributed by atoms with Crippen molar-refractivity contribution in [3.63, 3.8) is 0 Å². The summed E-state index contributed by atoms with van der Waals surface area (Å²) in [5, 5.41) is 0. The minimum atomic E-state index is 0.799. The van der Waals surface area contributed by atoms with Crippen molar-refractivity contribution in [2.24, 2.45) is 11.7 Å². The summed E-state index contributed by atoms with van der Waals surface area (Å²) >= 11 is 0. The van der Waals surface area contributed by atoms with Crippen LogP contribution in [0.1, 0.15) is 162 Å². The Balaban J connectivity index is 3.27. The molecular formula is C27H57N. The molecule has 0 bridgehead atoms. The van der Waals surface area contributed by atoms with Crippen LogP contribution in [-0.2, 0) is 0 Å². The van der Waals surface area contributed by atoms with E-state index in [2.05, 4.69) is 13.8 Å². The number of hydrogen-bond donors (Lipinski definition) is 1. The van der Waals surface area contributed by atoms with Gasteiger partial charge in [-0.05, 0) is 25.3 Å². The summed E-state index contributed by atoms with van der Waals surface area (Å²) in [6.45, 7) is 5.51. The lowest BCUT2D eigenvalue weighted by Crippen LogP contribution is -2.14. The fourth-order valence-electron chi connectivity index (χ4n) is 4.40. The van der Waals surface area contributed by atoms with Crippen LogP contribution in [0.15, 0.2) is 0 Å². The lowest BCUT2D eigenvalue weighted by molar-refractivity contribution is 0.409. The molecule has 28 heavy (non-hydrogen) atoms. The SMILES string of the molecule is CCCCCCCCCCCCCC(CN)CCCCCCCCCCCC. The van der Waals surface area contributed by atoms with E-state index in [1.54, 1.807) is 0 Å². The summed E-state index contributed by atoms with van der Waals surface area (Å²) in [6.07, 6.45) is 33.0. The minimum Gasteiger partial charge on any atom is -0.330 e. The van der Waals surface area contributed by atoms with Gasteiger partial charge in [0.05, 0.1) is 0 Å². The van der Waals surface area contributed by atoms with Gasteiger partial charge in [-0.25, -0.2) is 0 Å².